The highest BCUT2D eigenvalue weighted by Gasteiger charge is 2.31. The molecule has 1 saturated heterocycles. The van der Waals surface area contributed by atoms with Crippen LogP contribution in [0.25, 0.3) is 0 Å². The van der Waals surface area contributed by atoms with Gasteiger partial charge < -0.3 is 15.0 Å². The van der Waals surface area contributed by atoms with Crippen LogP contribution in [0.1, 0.15) is 40.7 Å². The Bertz CT molecular complexity index is 845. The van der Waals surface area contributed by atoms with Crippen LogP contribution in [0.2, 0.25) is 0 Å². The van der Waals surface area contributed by atoms with E-state index in [1.807, 2.05) is 15.6 Å². The molecule has 2 heterocycles. The van der Waals surface area contributed by atoms with E-state index in [2.05, 4.69) is 17.3 Å². The number of hydrogen-bond donors (Lipinski definition) is 1. The topological polar surface area (TPSA) is 59.4 Å². The second-order valence-electron chi connectivity index (χ2n) is 7.41. The van der Waals surface area contributed by atoms with Crippen molar-refractivity contribution in [3.05, 3.63) is 52.6 Å². The van der Waals surface area contributed by atoms with E-state index in [1.165, 1.54) is 11.8 Å². The van der Waals surface area contributed by atoms with Crippen LogP contribution < -0.4 is 5.32 Å². The molecule has 0 bridgehead atoms. The van der Waals surface area contributed by atoms with Crippen molar-refractivity contribution in [2.45, 2.75) is 45.3 Å². The number of ether oxygens (including phenoxy) is 1. The Labute approximate surface area is 164 Å². The van der Waals surface area contributed by atoms with Crippen molar-refractivity contribution in [1.82, 2.24) is 20.0 Å². The van der Waals surface area contributed by atoms with Crippen LogP contribution in [-0.4, -0.2) is 52.9 Å². The molecular formula is C21H27FN4O2. The zero-order valence-corrected chi connectivity index (χ0v) is 16.3. The molecule has 1 atom stereocenters. The van der Waals surface area contributed by atoms with Gasteiger partial charge in [-0.15, -0.1) is 0 Å². The van der Waals surface area contributed by atoms with E-state index in [-0.39, 0.29) is 17.8 Å². The predicted octanol–water partition coefficient (Wildman–Crippen LogP) is 2.16. The number of amides is 1. The first kappa shape index (κ1) is 19.1. The molecule has 1 aromatic heterocycles. The van der Waals surface area contributed by atoms with Gasteiger partial charge in [-0.2, -0.15) is 5.10 Å². The molecule has 0 spiro atoms. The summed E-state index contributed by atoms with van der Waals surface area (Å²) in [6.07, 6.45) is 2.58. The number of morpholine rings is 1. The predicted molar refractivity (Wildman–Crippen MR) is 104 cm³/mol. The first-order valence-electron chi connectivity index (χ1n) is 10.1. The zero-order valence-electron chi connectivity index (χ0n) is 16.3. The number of rotatable bonds is 5. The Hall–Kier alpha value is -2.25. The van der Waals surface area contributed by atoms with E-state index < -0.39 is 0 Å². The molecule has 2 aliphatic rings. The number of halogens is 1. The normalized spacial score (nSPS) is 19.5. The highest BCUT2D eigenvalue weighted by Crippen LogP contribution is 2.26. The number of carbonyl (C=O) groups is 1. The van der Waals surface area contributed by atoms with E-state index in [0.29, 0.717) is 44.1 Å². The number of aryl methyl sites for hydroxylation is 1. The lowest BCUT2D eigenvalue weighted by molar-refractivity contribution is 0.0297. The molecular weight excluding hydrogens is 359 g/mol. The lowest BCUT2D eigenvalue weighted by atomic mass is 9.91. The summed E-state index contributed by atoms with van der Waals surface area (Å²) in [4.78, 5) is 14.9. The van der Waals surface area contributed by atoms with Crippen LogP contribution in [-0.2, 0) is 30.7 Å². The molecule has 1 N–H and O–H groups in total. The summed E-state index contributed by atoms with van der Waals surface area (Å²) >= 11 is 0. The van der Waals surface area contributed by atoms with E-state index in [4.69, 9.17) is 4.74 Å². The molecule has 2 aromatic rings. The van der Waals surface area contributed by atoms with Crippen molar-refractivity contribution in [3.63, 3.8) is 0 Å². The van der Waals surface area contributed by atoms with Crippen molar-refractivity contribution in [1.29, 1.82) is 0 Å². The number of aromatic nitrogens is 2. The summed E-state index contributed by atoms with van der Waals surface area (Å²) in [7, 11) is 0. The third-order valence-corrected chi connectivity index (χ3v) is 5.69. The fourth-order valence-electron chi connectivity index (χ4n) is 4.11. The minimum atomic E-state index is -0.187. The quantitative estimate of drug-likeness (QED) is 0.856. The van der Waals surface area contributed by atoms with Crippen LogP contribution in [0.3, 0.4) is 0 Å². The van der Waals surface area contributed by atoms with Crippen LogP contribution in [0, 0.1) is 5.82 Å². The molecule has 0 radical (unpaired) electrons. The van der Waals surface area contributed by atoms with Gasteiger partial charge >= 0.3 is 0 Å². The lowest BCUT2D eigenvalue weighted by Gasteiger charge is -2.28. The smallest absolute Gasteiger partial charge is 0.274 e. The van der Waals surface area contributed by atoms with Gasteiger partial charge in [0, 0.05) is 49.0 Å². The van der Waals surface area contributed by atoms with E-state index in [0.717, 1.165) is 31.4 Å². The largest absolute Gasteiger partial charge is 0.378 e. The molecule has 150 valence electrons. The highest BCUT2D eigenvalue weighted by atomic mass is 19.1. The molecule has 1 aliphatic heterocycles. The van der Waals surface area contributed by atoms with Crippen molar-refractivity contribution < 1.29 is 13.9 Å². The Morgan fingerprint density at radius 2 is 2.11 bits per heavy atom. The van der Waals surface area contributed by atoms with Gasteiger partial charge in [0.05, 0.1) is 13.2 Å². The second kappa shape index (κ2) is 8.41. The molecule has 7 heteroatoms. The number of benzene rings is 1. The molecule has 1 amide bonds. The van der Waals surface area contributed by atoms with Crippen molar-refractivity contribution in [3.8, 4) is 0 Å². The van der Waals surface area contributed by atoms with E-state index >= 15 is 0 Å². The second-order valence-corrected chi connectivity index (χ2v) is 7.41. The van der Waals surface area contributed by atoms with Crippen molar-refractivity contribution in [2.24, 2.45) is 0 Å². The average Bonchev–Trinajstić information content (AvgIpc) is 3.11. The molecule has 1 aliphatic carbocycles. The van der Waals surface area contributed by atoms with Gasteiger partial charge in [-0.25, -0.2) is 4.39 Å². The number of nitrogens with zero attached hydrogens (tertiary/aromatic N) is 3. The molecule has 1 aromatic carbocycles. The van der Waals surface area contributed by atoms with E-state index in [1.54, 1.807) is 12.1 Å². The van der Waals surface area contributed by atoms with Gasteiger partial charge in [0.15, 0.2) is 5.69 Å². The standard InChI is InChI=1S/C21H27FN4O2/c1-2-26-19-8-7-16(23-14-15-5-3-4-6-18(15)22)13-17(19)20(24-26)21(27)25-9-11-28-12-10-25/h3-6,16,23H,2,7-14H2,1H3. The van der Waals surface area contributed by atoms with Crippen LogP contribution in [0.5, 0.6) is 0 Å². The van der Waals surface area contributed by atoms with E-state index in [9.17, 15) is 9.18 Å². The fraction of sp³-hybridized carbons (Fsp3) is 0.524. The zero-order chi connectivity index (χ0) is 19.5. The third kappa shape index (κ3) is 3.82. The summed E-state index contributed by atoms with van der Waals surface area (Å²) in [6.45, 7) is 5.68. The number of carbonyl (C=O) groups excluding carboxylic acids is 1. The number of hydrogen-bond acceptors (Lipinski definition) is 4. The van der Waals surface area contributed by atoms with Crippen molar-refractivity contribution in [2.75, 3.05) is 26.3 Å². The lowest BCUT2D eigenvalue weighted by Crippen LogP contribution is -2.41. The number of nitrogens with one attached hydrogen (secondary N) is 1. The monoisotopic (exact) mass is 386 g/mol. The average molecular weight is 386 g/mol. The summed E-state index contributed by atoms with van der Waals surface area (Å²) in [5.74, 6) is -0.185. The van der Waals surface area contributed by atoms with Gasteiger partial charge in [0.2, 0.25) is 0 Å². The summed E-state index contributed by atoms with van der Waals surface area (Å²) in [6, 6.07) is 7.05. The summed E-state index contributed by atoms with van der Waals surface area (Å²) in [5, 5.41) is 8.12. The molecule has 1 unspecified atom stereocenters. The Balaban J connectivity index is 1.51. The van der Waals surface area contributed by atoms with Gasteiger partial charge in [-0.1, -0.05) is 18.2 Å². The molecule has 28 heavy (non-hydrogen) atoms. The SMILES string of the molecule is CCn1nc(C(=O)N2CCOCC2)c2c1CCC(NCc1ccccc1F)C2. The highest BCUT2D eigenvalue weighted by molar-refractivity contribution is 5.94. The molecule has 4 rings (SSSR count). The minimum absolute atomic E-state index is 0.00139. The maximum atomic E-state index is 13.9. The maximum absolute atomic E-state index is 13.9. The molecule has 1 fully saturated rings. The van der Waals surface area contributed by atoms with Gasteiger partial charge in [-0.05, 0) is 32.3 Å². The first-order valence-corrected chi connectivity index (χ1v) is 10.1. The maximum Gasteiger partial charge on any atom is 0.274 e. The minimum Gasteiger partial charge on any atom is -0.378 e. The van der Waals surface area contributed by atoms with Gasteiger partial charge in [0.25, 0.3) is 5.91 Å². The summed E-state index contributed by atoms with van der Waals surface area (Å²) < 4.78 is 21.2. The fourth-order valence-corrected chi connectivity index (χ4v) is 4.11. The van der Waals surface area contributed by atoms with Gasteiger partial charge in [-0.3, -0.25) is 9.48 Å². The molecule has 6 nitrogen and oxygen atoms in total. The molecule has 0 saturated carbocycles. The Morgan fingerprint density at radius 1 is 1.32 bits per heavy atom. The summed E-state index contributed by atoms with van der Waals surface area (Å²) in [5.41, 5.74) is 3.47. The Morgan fingerprint density at radius 3 is 2.86 bits per heavy atom. The third-order valence-electron chi connectivity index (χ3n) is 5.69. The number of fused-ring (bicyclic) bond motifs is 1. The van der Waals surface area contributed by atoms with Crippen LogP contribution in [0.15, 0.2) is 24.3 Å². The van der Waals surface area contributed by atoms with Crippen molar-refractivity contribution >= 4 is 5.91 Å². The first-order chi connectivity index (χ1) is 13.7. The Kier molecular flexibility index (Phi) is 5.73. The van der Waals surface area contributed by atoms with Crippen LogP contribution >= 0.6 is 0 Å². The van der Waals surface area contributed by atoms with Crippen LogP contribution in [0.4, 0.5) is 4.39 Å². The van der Waals surface area contributed by atoms with Gasteiger partial charge in [0.1, 0.15) is 5.82 Å².